The van der Waals surface area contributed by atoms with E-state index in [4.69, 9.17) is 0 Å². The second-order valence-electron chi connectivity index (χ2n) is 5.97. The molecule has 1 aromatic heterocycles. The van der Waals surface area contributed by atoms with E-state index in [9.17, 15) is 9.59 Å². The molecule has 2 heterocycles. The van der Waals surface area contributed by atoms with Crippen molar-refractivity contribution in [1.82, 2.24) is 15.1 Å². The van der Waals surface area contributed by atoms with Crippen molar-refractivity contribution < 1.29 is 14.3 Å². The van der Waals surface area contributed by atoms with Crippen LogP contribution in [0.2, 0.25) is 0 Å². The summed E-state index contributed by atoms with van der Waals surface area (Å²) in [7, 11) is 3.17. The number of nitrogens with one attached hydrogen (secondary N) is 2. The molecule has 1 aromatic carbocycles. The number of carbonyl (C=O) groups is 2. The second kappa shape index (κ2) is 7.25. The molecule has 2 aromatic rings. The predicted octanol–water partition coefficient (Wildman–Crippen LogP) is 1.61. The van der Waals surface area contributed by atoms with Crippen molar-refractivity contribution in [3.8, 4) is 0 Å². The van der Waals surface area contributed by atoms with E-state index in [1.807, 2.05) is 19.4 Å². The molecular formula is C17H21N5O3. The largest absolute Gasteiger partial charge is 0.453 e. The summed E-state index contributed by atoms with van der Waals surface area (Å²) >= 11 is 0. The minimum atomic E-state index is -0.569. The normalized spacial score (nSPS) is 16.6. The van der Waals surface area contributed by atoms with Crippen molar-refractivity contribution in [1.29, 1.82) is 0 Å². The highest BCUT2D eigenvalue weighted by Crippen LogP contribution is 2.19. The second-order valence-corrected chi connectivity index (χ2v) is 5.97. The maximum absolute atomic E-state index is 12.5. The molecule has 0 bridgehead atoms. The van der Waals surface area contributed by atoms with E-state index < -0.39 is 6.09 Å². The first-order valence-corrected chi connectivity index (χ1v) is 8.04. The Morgan fingerprint density at radius 1 is 1.36 bits per heavy atom. The zero-order valence-corrected chi connectivity index (χ0v) is 14.2. The van der Waals surface area contributed by atoms with Crippen LogP contribution in [0, 0.1) is 0 Å². The zero-order valence-electron chi connectivity index (χ0n) is 14.2. The number of amides is 2. The molecule has 0 spiro atoms. The molecule has 1 aliphatic heterocycles. The molecule has 3 rings (SSSR count). The van der Waals surface area contributed by atoms with E-state index in [-0.39, 0.29) is 11.9 Å². The lowest BCUT2D eigenvalue weighted by atomic mass is 10.1. The molecule has 25 heavy (non-hydrogen) atoms. The summed E-state index contributed by atoms with van der Waals surface area (Å²) in [6.45, 7) is 1.62. The van der Waals surface area contributed by atoms with Crippen LogP contribution in [0.1, 0.15) is 16.8 Å². The summed E-state index contributed by atoms with van der Waals surface area (Å²) < 4.78 is 6.32. The first-order valence-electron chi connectivity index (χ1n) is 8.04. The predicted molar refractivity (Wildman–Crippen MR) is 93.8 cm³/mol. The number of aryl methyl sites for hydroxylation is 1. The van der Waals surface area contributed by atoms with Crippen molar-refractivity contribution in [2.45, 2.75) is 12.5 Å². The Bertz CT molecular complexity index is 773. The van der Waals surface area contributed by atoms with Crippen LogP contribution in [0.15, 0.2) is 36.7 Å². The Balaban J connectivity index is 1.59. The fourth-order valence-corrected chi connectivity index (χ4v) is 2.86. The number of hydrogen-bond donors (Lipinski definition) is 2. The van der Waals surface area contributed by atoms with Gasteiger partial charge in [0.2, 0.25) is 0 Å². The highest BCUT2D eigenvalue weighted by atomic mass is 16.5. The number of rotatable bonds is 4. The first-order chi connectivity index (χ1) is 12.0. The molecule has 8 heteroatoms. The molecule has 132 valence electrons. The number of aromatic nitrogens is 2. The van der Waals surface area contributed by atoms with E-state index in [0.717, 1.165) is 25.2 Å². The van der Waals surface area contributed by atoms with Crippen LogP contribution < -0.4 is 15.5 Å². The molecule has 0 aliphatic carbocycles. The average Bonchev–Trinajstić information content (AvgIpc) is 3.24. The van der Waals surface area contributed by atoms with E-state index >= 15 is 0 Å². The van der Waals surface area contributed by atoms with Crippen LogP contribution >= 0.6 is 0 Å². The molecule has 1 saturated heterocycles. The molecule has 0 unspecified atom stereocenters. The summed E-state index contributed by atoms with van der Waals surface area (Å²) in [6.07, 6.45) is 4.10. The van der Waals surface area contributed by atoms with Gasteiger partial charge in [0, 0.05) is 43.6 Å². The van der Waals surface area contributed by atoms with Gasteiger partial charge < -0.3 is 15.0 Å². The van der Waals surface area contributed by atoms with Gasteiger partial charge in [-0.1, -0.05) is 6.07 Å². The molecule has 1 atom stereocenters. The Hall–Kier alpha value is -3.03. The summed E-state index contributed by atoms with van der Waals surface area (Å²) in [6, 6.07) is 6.83. The highest BCUT2D eigenvalue weighted by Gasteiger charge is 2.25. The quantitative estimate of drug-likeness (QED) is 0.880. The van der Waals surface area contributed by atoms with Crippen molar-refractivity contribution >= 4 is 23.4 Å². The van der Waals surface area contributed by atoms with Crippen LogP contribution in [-0.4, -0.2) is 48.0 Å². The number of hydrogen-bond acceptors (Lipinski definition) is 5. The summed E-state index contributed by atoms with van der Waals surface area (Å²) in [4.78, 5) is 25.9. The smallest absolute Gasteiger partial charge is 0.411 e. The third-order valence-electron chi connectivity index (χ3n) is 4.14. The van der Waals surface area contributed by atoms with Crippen LogP contribution in [0.3, 0.4) is 0 Å². The maximum Gasteiger partial charge on any atom is 0.411 e. The Morgan fingerprint density at radius 3 is 2.92 bits per heavy atom. The maximum atomic E-state index is 12.5. The van der Waals surface area contributed by atoms with Gasteiger partial charge in [-0.15, -0.1) is 0 Å². The van der Waals surface area contributed by atoms with Gasteiger partial charge in [0.15, 0.2) is 0 Å². The lowest BCUT2D eigenvalue weighted by Crippen LogP contribution is -2.37. The number of anilines is 2. The molecule has 1 fully saturated rings. The van der Waals surface area contributed by atoms with Crippen LogP contribution in [0.25, 0.3) is 0 Å². The fraction of sp³-hybridized carbons (Fsp3) is 0.353. The van der Waals surface area contributed by atoms with Crippen LogP contribution in [0.4, 0.5) is 16.2 Å². The zero-order chi connectivity index (χ0) is 17.8. The Morgan fingerprint density at radius 2 is 2.20 bits per heavy atom. The van der Waals surface area contributed by atoms with Crippen LogP contribution in [0.5, 0.6) is 0 Å². The molecule has 0 saturated carbocycles. The fourth-order valence-electron chi connectivity index (χ4n) is 2.86. The topological polar surface area (TPSA) is 88.5 Å². The SMILES string of the molecule is COC(=O)Nc1cccc(C(=O)N[C@H]2CCN(c3cnn(C)c3)C2)c1. The third-order valence-corrected chi connectivity index (χ3v) is 4.14. The summed E-state index contributed by atoms with van der Waals surface area (Å²) in [5.74, 6) is -0.161. The van der Waals surface area contributed by atoms with Gasteiger partial charge in [-0.2, -0.15) is 5.10 Å². The van der Waals surface area contributed by atoms with E-state index in [0.29, 0.717) is 11.3 Å². The van der Waals surface area contributed by atoms with Crippen molar-refractivity contribution in [3.63, 3.8) is 0 Å². The Kier molecular flexibility index (Phi) is 4.87. The van der Waals surface area contributed by atoms with Gasteiger partial charge in [0.25, 0.3) is 5.91 Å². The first kappa shape index (κ1) is 16.8. The number of nitrogens with zero attached hydrogens (tertiary/aromatic N) is 3. The molecule has 2 N–H and O–H groups in total. The highest BCUT2D eigenvalue weighted by molar-refractivity contribution is 5.96. The lowest BCUT2D eigenvalue weighted by Gasteiger charge is -2.17. The Labute approximate surface area is 145 Å². The van der Waals surface area contributed by atoms with Crippen molar-refractivity contribution in [2.24, 2.45) is 7.05 Å². The molecule has 1 aliphatic rings. The van der Waals surface area contributed by atoms with Gasteiger partial charge in [-0.3, -0.25) is 14.8 Å². The minimum absolute atomic E-state index is 0.0740. The van der Waals surface area contributed by atoms with Gasteiger partial charge in [-0.05, 0) is 24.6 Å². The van der Waals surface area contributed by atoms with Crippen LogP contribution in [-0.2, 0) is 11.8 Å². The number of ether oxygens (including phenoxy) is 1. The monoisotopic (exact) mass is 343 g/mol. The summed E-state index contributed by atoms with van der Waals surface area (Å²) in [5.41, 5.74) is 2.07. The van der Waals surface area contributed by atoms with E-state index in [1.165, 1.54) is 7.11 Å². The van der Waals surface area contributed by atoms with Gasteiger partial charge in [-0.25, -0.2) is 4.79 Å². The minimum Gasteiger partial charge on any atom is -0.453 e. The molecular weight excluding hydrogens is 322 g/mol. The number of benzene rings is 1. The van der Waals surface area contributed by atoms with E-state index in [1.54, 1.807) is 28.9 Å². The number of methoxy groups -OCH3 is 1. The summed E-state index contributed by atoms with van der Waals surface area (Å²) in [5, 5.41) is 9.78. The average molecular weight is 343 g/mol. The van der Waals surface area contributed by atoms with Crippen molar-refractivity contribution in [3.05, 3.63) is 42.2 Å². The van der Waals surface area contributed by atoms with Gasteiger partial charge in [0.05, 0.1) is 19.0 Å². The van der Waals surface area contributed by atoms with E-state index in [2.05, 4.69) is 25.4 Å². The standard InChI is InChI=1S/C17H21N5O3/c1-21-11-15(9-18-21)22-7-6-14(10-22)19-16(23)12-4-3-5-13(8-12)20-17(24)25-2/h3-5,8-9,11,14H,6-7,10H2,1-2H3,(H,19,23)(H,20,24)/t14-/m0/s1. The van der Waals surface area contributed by atoms with Gasteiger partial charge in [0.1, 0.15) is 0 Å². The molecule has 2 amide bonds. The third kappa shape index (κ3) is 4.09. The molecule has 8 nitrogen and oxygen atoms in total. The lowest BCUT2D eigenvalue weighted by molar-refractivity contribution is 0.0940. The van der Waals surface area contributed by atoms with Gasteiger partial charge >= 0.3 is 6.09 Å². The number of carbonyl (C=O) groups excluding carboxylic acids is 2. The van der Waals surface area contributed by atoms with Crippen molar-refractivity contribution in [2.75, 3.05) is 30.4 Å². The molecule has 0 radical (unpaired) electrons.